The molecular weight excluding hydrogens is 250 g/mol. The second-order valence-electron chi connectivity index (χ2n) is 4.40. The zero-order valence-corrected chi connectivity index (χ0v) is 11.6. The Labute approximate surface area is 111 Å². The van der Waals surface area contributed by atoms with Crippen LogP contribution in [-0.2, 0) is 11.8 Å². The van der Waals surface area contributed by atoms with Gasteiger partial charge < -0.3 is 15.2 Å². The smallest absolute Gasteiger partial charge is 0.230 e. The number of nitrogens with one attached hydrogen (secondary N) is 2. The zero-order valence-electron chi connectivity index (χ0n) is 10.8. The molecule has 18 heavy (non-hydrogen) atoms. The highest BCUT2D eigenvalue weighted by molar-refractivity contribution is 7.99. The minimum Gasteiger partial charge on any atom is -0.358 e. The second kappa shape index (κ2) is 6.19. The van der Waals surface area contributed by atoms with Crippen LogP contribution in [-0.4, -0.2) is 46.6 Å². The Bertz CT molecular complexity index is 414. The summed E-state index contributed by atoms with van der Waals surface area (Å²) in [4.78, 5) is 11.2. The van der Waals surface area contributed by atoms with Gasteiger partial charge in [-0.25, -0.2) is 0 Å². The number of aromatic nitrogens is 3. The van der Waals surface area contributed by atoms with Gasteiger partial charge in [0.1, 0.15) is 5.82 Å². The Hall–Kier alpha value is -1.08. The molecule has 0 aliphatic carbocycles. The number of thioether (sulfide) groups is 1. The molecule has 1 aliphatic heterocycles. The summed E-state index contributed by atoms with van der Waals surface area (Å²) in [6.45, 7) is 2.05. The quantitative estimate of drug-likeness (QED) is 0.760. The van der Waals surface area contributed by atoms with E-state index in [2.05, 4.69) is 20.8 Å². The predicted octanol–water partition coefficient (Wildman–Crippen LogP) is 0.120. The van der Waals surface area contributed by atoms with Crippen molar-refractivity contribution in [2.45, 2.75) is 23.9 Å². The van der Waals surface area contributed by atoms with Crippen molar-refractivity contribution in [3.8, 4) is 0 Å². The molecule has 100 valence electrons. The molecule has 6 nitrogen and oxygen atoms in total. The first-order chi connectivity index (χ1) is 8.72. The fraction of sp³-hybridized carbons (Fsp3) is 0.727. The van der Waals surface area contributed by atoms with Crippen LogP contribution in [0.25, 0.3) is 0 Å². The third-order valence-corrected chi connectivity index (χ3v) is 4.16. The average molecular weight is 269 g/mol. The zero-order chi connectivity index (χ0) is 13.0. The number of rotatable bonds is 4. The van der Waals surface area contributed by atoms with E-state index in [9.17, 15) is 4.79 Å². The van der Waals surface area contributed by atoms with Crippen LogP contribution in [0.2, 0.25) is 0 Å². The van der Waals surface area contributed by atoms with Crippen LogP contribution in [0.4, 0.5) is 0 Å². The van der Waals surface area contributed by atoms with Gasteiger partial charge >= 0.3 is 0 Å². The van der Waals surface area contributed by atoms with Crippen molar-refractivity contribution in [3.63, 3.8) is 0 Å². The Morgan fingerprint density at radius 3 is 3.11 bits per heavy atom. The van der Waals surface area contributed by atoms with E-state index in [1.807, 2.05) is 11.6 Å². The third-order valence-electron chi connectivity index (χ3n) is 3.14. The lowest BCUT2D eigenvalue weighted by molar-refractivity contribution is -0.118. The van der Waals surface area contributed by atoms with Gasteiger partial charge in [0.15, 0.2) is 5.16 Å². The van der Waals surface area contributed by atoms with E-state index in [0.29, 0.717) is 11.7 Å². The highest BCUT2D eigenvalue weighted by Gasteiger charge is 2.21. The van der Waals surface area contributed by atoms with Crippen LogP contribution in [0, 0.1) is 0 Å². The number of amides is 1. The monoisotopic (exact) mass is 269 g/mol. The molecule has 0 unspecified atom stereocenters. The van der Waals surface area contributed by atoms with E-state index in [-0.39, 0.29) is 5.91 Å². The van der Waals surface area contributed by atoms with Gasteiger partial charge in [-0.2, -0.15) is 0 Å². The molecule has 0 radical (unpaired) electrons. The SMILES string of the molecule is CNC(=O)CSc1nnc([C@@H]2CCCNC2)n1C. The normalized spacial score (nSPS) is 19.8. The van der Waals surface area contributed by atoms with Crippen LogP contribution in [0.3, 0.4) is 0 Å². The van der Waals surface area contributed by atoms with Gasteiger partial charge in [-0.05, 0) is 19.4 Å². The van der Waals surface area contributed by atoms with Gasteiger partial charge in [-0.1, -0.05) is 11.8 Å². The fourth-order valence-corrected chi connectivity index (χ4v) is 2.87. The molecule has 1 saturated heterocycles. The van der Waals surface area contributed by atoms with Crippen LogP contribution in [0.1, 0.15) is 24.6 Å². The number of piperidine rings is 1. The van der Waals surface area contributed by atoms with Crippen LogP contribution in [0.15, 0.2) is 5.16 Å². The Morgan fingerprint density at radius 2 is 2.44 bits per heavy atom. The minimum absolute atomic E-state index is 0.00360. The lowest BCUT2D eigenvalue weighted by atomic mass is 9.99. The maximum atomic E-state index is 11.2. The number of hydrogen-bond acceptors (Lipinski definition) is 5. The van der Waals surface area contributed by atoms with E-state index in [0.717, 1.165) is 30.5 Å². The Balaban J connectivity index is 2.01. The molecule has 2 rings (SSSR count). The van der Waals surface area contributed by atoms with Crippen molar-refractivity contribution in [1.29, 1.82) is 0 Å². The van der Waals surface area contributed by atoms with Gasteiger partial charge in [-0.15, -0.1) is 10.2 Å². The first kappa shape index (κ1) is 13.4. The second-order valence-corrected chi connectivity index (χ2v) is 5.35. The minimum atomic E-state index is 0.00360. The van der Waals surface area contributed by atoms with Gasteiger partial charge in [0.25, 0.3) is 0 Å². The van der Waals surface area contributed by atoms with Gasteiger partial charge in [0.2, 0.25) is 5.91 Å². The maximum Gasteiger partial charge on any atom is 0.230 e. The highest BCUT2D eigenvalue weighted by Crippen LogP contribution is 2.24. The fourth-order valence-electron chi connectivity index (χ4n) is 2.08. The maximum absolute atomic E-state index is 11.2. The molecule has 0 saturated carbocycles. The molecule has 7 heteroatoms. The van der Waals surface area contributed by atoms with Gasteiger partial charge in [0.05, 0.1) is 5.75 Å². The Kier molecular flexibility index (Phi) is 4.60. The van der Waals surface area contributed by atoms with Crippen molar-refractivity contribution in [3.05, 3.63) is 5.82 Å². The number of nitrogens with zero attached hydrogens (tertiary/aromatic N) is 3. The van der Waals surface area contributed by atoms with E-state index >= 15 is 0 Å². The van der Waals surface area contributed by atoms with Crippen LogP contribution < -0.4 is 10.6 Å². The topological polar surface area (TPSA) is 71.8 Å². The van der Waals surface area contributed by atoms with Crippen molar-refractivity contribution in [2.24, 2.45) is 7.05 Å². The molecule has 2 heterocycles. The third kappa shape index (κ3) is 3.02. The highest BCUT2D eigenvalue weighted by atomic mass is 32.2. The molecule has 0 aromatic carbocycles. The molecule has 1 fully saturated rings. The van der Waals surface area contributed by atoms with Crippen molar-refractivity contribution >= 4 is 17.7 Å². The molecule has 1 amide bonds. The average Bonchev–Trinajstić information content (AvgIpc) is 2.78. The summed E-state index contributed by atoms with van der Waals surface area (Å²) < 4.78 is 2.01. The molecule has 1 aromatic heterocycles. The summed E-state index contributed by atoms with van der Waals surface area (Å²) in [5, 5.41) is 15.2. The molecule has 0 bridgehead atoms. The number of hydrogen-bond donors (Lipinski definition) is 2. The van der Waals surface area contributed by atoms with E-state index in [1.165, 1.54) is 18.2 Å². The molecule has 1 aromatic rings. The molecule has 1 aliphatic rings. The van der Waals surface area contributed by atoms with Gasteiger partial charge in [-0.3, -0.25) is 4.79 Å². The van der Waals surface area contributed by atoms with E-state index < -0.39 is 0 Å². The van der Waals surface area contributed by atoms with Crippen molar-refractivity contribution < 1.29 is 4.79 Å². The van der Waals surface area contributed by atoms with Crippen molar-refractivity contribution in [2.75, 3.05) is 25.9 Å². The Morgan fingerprint density at radius 1 is 1.61 bits per heavy atom. The summed E-state index contributed by atoms with van der Waals surface area (Å²) in [5.74, 6) is 1.84. The molecule has 2 N–H and O–H groups in total. The van der Waals surface area contributed by atoms with Crippen LogP contribution >= 0.6 is 11.8 Å². The lowest BCUT2D eigenvalue weighted by Gasteiger charge is -2.21. The lowest BCUT2D eigenvalue weighted by Crippen LogP contribution is -2.29. The van der Waals surface area contributed by atoms with Crippen molar-refractivity contribution in [1.82, 2.24) is 25.4 Å². The summed E-state index contributed by atoms with van der Waals surface area (Å²) in [6.07, 6.45) is 2.33. The largest absolute Gasteiger partial charge is 0.358 e. The molecular formula is C11H19N5OS. The summed E-state index contributed by atoms with van der Waals surface area (Å²) in [5.41, 5.74) is 0. The summed E-state index contributed by atoms with van der Waals surface area (Å²) >= 11 is 1.42. The molecule has 1 atom stereocenters. The first-order valence-corrected chi connectivity index (χ1v) is 7.14. The predicted molar refractivity (Wildman–Crippen MR) is 70.6 cm³/mol. The number of carbonyl (C=O) groups excluding carboxylic acids is 1. The standard InChI is InChI=1S/C11H19N5OS/c1-12-9(17)7-18-11-15-14-10(16(11)2)8-4-3-5-13-6-8/h8,13H,3-7H2,1-2H3,(H,12,17)/t8-/m1/s1. The first-order valence-electron chi connectivity index (χ1n) is 6.15. The van der Waals surface area contributed by atoms with Crippen LogP contribution in [0.5, 0.6) is 0 Å². The van der Waals surface area contributed by atoms with E-state index in [4.69, 9.17) is 0 Å². The number of carbonyl (C=O) groups is 1. The summed E-state index contributed by atoms with van der Waals surface area (Å²) in [7, 11) is 3.61. The van der Waals surface area contributed by atoms with Gasteiger partial charge in [0, 0.05) is 26.6 Å². The van der Waals surface area contributed by atoms with E-state index in [1.54, 1.807) is 7.05 Å². The molecule has 0 spiro atoms. The summed E-state index contributed by atoms with van der Waals surface area (Å²) in [6, 6.07) is 0.